The van der Waals surface area contributed by atoms with Crippen molar-refractivity contribution in [3.8, 4) is 11.5 Å². The third kappa shape index (κ3) is 5.21. The number of amides is 1. The summed E-state index contributed by atoms with van der Waals surface area (Å²) in [6, 6.07) is 5.66. The highest BCUT2D eigenvalue weighted by Crippen LogP contribution is 2.39. The molecule has 3 heterocycles. The van der Waals surface area contributed by atoms with Crippen LogP contribution in [0, 0.1) is 0 Å². The summed E-state index contributed by atoms with van der Waals surface area (Å²) in [6.07, 6.45) is 4.01. The number of hydrogen-bond acceptors (Lipinski definition) is 6. The Balaban J connectivity index is 1.76. The number of methoxy groups -OCH3 is 2. The lowest BCUT2D eigenvalue weighted by Crippen LogP contribution is -2.47. The van der Waals surface area contributed by atoms with Crippen LogP contribution >= 0.6 is 0 Å². The van der Waals surface area contributed by atoms with Gasteiger partial charge in [-0.1, -0.05) is 34.6 Å². The molecule has 1 amide bonds. The molecule has 2 aromatic rings. The molecule has 1 aliphatic heterocycles. The molecule has 1 aliphatic rings. The van der Waals surface area contributed by atoms with Crippen LogP contribution in [0.1, 0.15) is 62.8 Å². The summed E-state index contributed by atoms with van der Waals surface area (Å²) in [6.45, 7) is 12.2. The molecule has 7 heteroatoms. The van der Waals surface area contributed by atoms with Crippen molar-refractivity contribution in [1.29, 1.82) is 0 Å². The third-order valence-corrected chi connectivity index (χ3v) is 5.94. The summed E-state index contributed by atoms with van der Waals surface area (Å²) < 4.78 is 17.1. The maximum absolute atomic E-state index is 13.2. The summed E-state index contributed by atoms with van der Waals surface area (Å²) in [5.74, 6) is 1.22. The van der Waals surface area contributed by atoms with E-state index in [0.29, 0.717) is 43.3 Å². The van der Waals surface area contributed by atoms with Crippen LogP contribution in [0.25, 0.3) is 0 Å². The molecule has 2 aromatic heterocycles. The second-order valence-electron chi connectivity index (χ2n) is 9.91. The minimum Gasteiger partial charge on any atom is -0.493 e. The first kappa shape index (κ1) is 24.0. The van der Waals surface area contributed by atoms with Crippen LogP contribution in [0.5, 0.6) is 11.5 Å². The molecule has 7 nitrogen and oxygen atoms in total. The number of morpholine rings is 1. The van der Waals surface area contributed by atoms with Crippen molar-refractivity contribution in [1.82, 2.24) is 14.9 Å². The van der Waals surface area contributed by atoms with Gasteiger partial charge >= 0.3 is 0 Å². The van der Waals surface area contributed by atoms with E-state index < -0.39 is 0 Å². The molecule has 1 unspecified atom stereocenters. The Kier molecular flexibility index (Phi) is 7.08. The largest absolute Gasteiger partial charge is 0.493 e. The Morgan fingerprint density at radius 3 is 2.50 bits per heavy atom. The van der Waals surface area contributed by atoms with Gasteiger partial charge in [0, 0.05) is 37.0 Å². The van der Waals surface area contributed by atoms with Crippen LogP contribution < -0.4 is 9.47 Å². The molecular formula is C25H35N3O4. The molecule has 0 aromatic carbocycles. The zero-order chi connectivity index (χ0) is 23.5. The standard InChI is InChI=1S/C25H35N3O4/c1-24(2,3)17-8-10-26-19(14-17)23(29)28-12-13-32-18(16-28)15-25(4,5)22-21(31-7)20(30-6)9-11-27-22/h8-11,14,18H,12-13,15-16H2,1-7H3. The van der Waals surface area contributed by atoms with E-state index in [9.17, 15) is 4.79 Å². The van der Waals surface area contributed by atoms with Gasteiger partial charge in [0.15, 0.2) is 11.5 Å². The Morgan fingerprint density at radius 2 is 1.84 bits per heavy atom. The van der Waals surface area contributed by atoms with Crippen molar-refractivity contribution in [2.45, 2.75) is 58.0 Å². The monoisotopic (exact) mass is 441 g/mol. The van der Waals surface area contributed by atoms with Crippen LogP contribution in [0.15, 0.2) is 30.6 Å². The number of hydrogen-bond donors (Lipinski definition) is 0. The lowest BCUT2D eigenvalue weighted by molar-refractivity contribution is -0.0332. The minimum absolute atomic E-state index is 0.0433. The average Bonchev–Trinajstić information content (AvgIpc) is 2.77. The quantitative estimate of drug-likeness (QED) is 0.675. The fourth-order valence-corrected chi connectivity index (χ4v) is 4.14. The SMILES string of the molecule is COc1ccnc(C(C)(C)CC2CN(C(=O)c3cc(C(C)(C)C)ccn3)CCO2)c1OC. The summed E-state index contributed by atoms with van der Waals surface area (Å²) in [5.41, 5.74) is 2.00. The van der Waals surface area contributed by atoms with E-state index >= 15 is 0 Å². The number of rotatable bonds is 6. The van der Waals surface area contributed by atoms with Gasteiger partial charge in [-0.25, -0.2) is 0 Å². The highest BCUT2D eigenvalue weighted by Gasteiger charge is 2.35. The molecule has 1 fully saturated rings. The van der Waals surface area contributed by atoms with Crippen molar-refractivity contribution in [3.63, 3.8) is 0 Å². The van der Waals surface area contributed by atoms with Gasteiger partial charge in [0.2, 0.25) is 0 Å². The third-order valence-electron chi connectivity index (χ3n) is 5.94. The van der Waals surface area contributed by atoms with Crippen molar-refractivity contribution in [2.75, 3.05) is 33.9 Å². The lowest BCUT2D eigenvalue weighted by Gasteiger charge is -2.37. The maximum atomic E-state index is 13.2. The van der Waals surface area contributed by atoms with E-state index in [2.05, 4.69) is 44.6 Å². The summed E-state index contributed by atoms with van der Waals surface area (Å²) >= 11 is 0. The van der Waals surface area contributed by atoms with Gasteiger partial charge in [-0.15, -0.1) is 0 Å². The number of pyridine rings is 2. The van der Waals surface area contributed by atoms with Gasteiger partial charge in [0.05, 0.1) is 32.6 Å². The van der Waals surface area contributed by atoms with Gasteiger partial charge in [-0.3, -0.25) is 14.8 Å². The van der Waals surface area contributed by atoms with Gasteiger partial charge in [0.1, 0.15) is 5.69 Å². The molecule has 0 aliphatic carbocycles. The van der Waals surface area contributed by atoms with E-state index in [1.807, 2.05) is 17.0 Å². The lowest BCUT2D eigenvalue weighted by atomic mass is 9.82. The Labute approximate surface area is 191 Å². The minimum atomic E-state index is -0.346. The molecule has 32 heavy (non-hydrogen) atoms. The van der Waals surface area contributed by atoms with E-state index in [1.54, 1.807) is 32.7 Å². The van der Waals surface area contributed by atoms with Gasteiger partial charge in [0.25, 0.3) is 5.91 Å². The van der Waals surface area contributed by atoms with E-state index in [4.69, 9.17) is 14.2 Å². The molecular weight excluding hydrogens is 406 g/mol. The van der Waals surface area contributed by atoms with Crippen molar-refractivity contribution >= 4 is 5.91 Å². The Bertz CT molecular complexity index is 952. The second-order valence-corrected chi connectivity index (χ2v) is 9.91. The van der Waals surface area contributed by atoms with Crippen LogP contribution in [0.4, 0.5) is 0 Å². The fraction of sp³-hybridized carbons (Fsp3) is 0.560. The van der Waals surface area contributed by atoms with Crippen LogP contribution in [-0.2, 0) is 15.6 Å². The number of aromatic nitrogens is 2. The highest BCUT2D eigenvalue weighted by atomic mass is 16.5. The van der Waals surface area contributed by atoms with Gasteiger partial charge in [-0.05, 0) is 29.5 Å². The average molecular weight is 442 g/mol. The summed E-state index contributed by atoms with van der Waals surface area (Å²) in [7, 11) is 3.24. The smallest absolute Gasteiger partial charge is 0.272 e. The van der Waals surface area contributed by atoms with Crippen LogP contribution in [0.3, 0.4) is 0 Å². The number of nitrogens with zero attached hydrogens (tertiary/aromatic N) is 3. The van der Waals surface area contributed by atoms with E-state index in [1.165, 1.54) is 0 Å². The first-order valence-electron chi connectivity index (χ1n) is 11.0. The zero-order valence-corrected chi connectivity index (χ0v) is 20.3. The van der Waals surface area contributed by atoms with E-state index in [0.717, 1.165) is 11.3 Å². The highest BCUT2D eigenvalue weighted by molar-refractivity contribution is 5.92. The Hall–Kier alpha value is -2.67. The van der Waals surface area contributed by atoms with Gasteiger partial charge in [-0.2, -0.15) is 0 Å². The maximum Gasteiger partial charge on any atom is 0.272 e. The first-order chi connectivity index (χ1) is 15.1. The number of carbonyl (C=O) groups is 1. The molecule has 0 radical (unpaired) electrons. The first-order valence-corrected chi connectivity index (χ1v) is 11.0. The summed E-state index contributed by atoms with van der Waals surface area (Å²) in [5, 5.41) is 0. The summed E-state index contributed by atoms with van der Waals surface area (Å²) in [4.78, 5) is 24.0. The second kappa shape index (κ2) is 9.45. The normalized spacial score (nSPS) is 17.2. The predicted octanol–water partition coefficient (Wildman–Crippen LogP) is 4.00. The molecule has 0 spiro atoms. The topological polar surface area (TPSA) is 73.8 Å². The molecule has 0 bridgehead atoms. The molecule has 3 rings (SSSR count). The molecule has 174 valence electrons. The molecule has 1 saturated heterocycles. The molecule has 0 saturated carbocycles. The van der Waals surface area contributed by atoms with Crippen LogP contribution in [0.2, 0.25) is 0 Å². The Morgan fingerprint density at radius 1 is 1.12 bits per heavy atom. The van der Waals surface area contributed by atoms with Crippen molar-refractivity contribution in [3.05, 3.63) is 47.5 Å². The van der Waals surface area contributed by atoms with Crippen LogP contribution in [-0.4, -0.2) is 60.8 Å². The fourth-order valence-electron chi connectivity index (χ4n) is 4.14. The number of ether oxygens (including phenoxy) is 3. The molecule has 1 atom stereocenters. The van der Waals surface area contributed by atoms with Crippen molar-refractivity contribution < 1.29 is 19.0 Å². The zero-order valence-electron chi connectivity index (χ0n) is 20.3. The predicted molar refractivity (Wildman–Crippen MR) is 124 cm³/mol. The number of carbonyl (C=O) groups excluding carboxylic acids is 1. The van der Waals surface area contributed by atoms with Crippen molar-refractivity contribution in [2.24, 2.45) is 0 Å². The molecule has 0 N–H and O–H groups in total. The van der Waals surface area contributed by atoms with Gasteiger partial charge < -0.3 is 19.1 Å². The van der Waals surface area contributed by atoms with E-state index in [-0.39, 0.29) is 22.8 Å².